The van der Waals surface area contributed by atoms with Crippen LogP contribution < -0.4 is 5.32 Å². The van der Waals surface area contributed by atoms with Gasteiger partial charge in [0.05, 0.1) is 10.5 Å². The zero-order chi connectivity index (χ0) is 17.0. The van der Waals surface area contributed by atoms with Gasteiger partial charge in [-0.05, 0) is 18.9 Å². The van der Waals surface area contributed by atoms with Crippen LogP contribution in [0.5, 0.6) is 0 Å². The molecule has 0 spiro atoms. The number of hydrogen-bond acceptors (Lipinski definition) is 4. The average Bonchev–Trinajstić information content (AvgIpc) is 2.48. The monoisotopic (exact) mass is 329 g/mol. The van der Waals surface area contributed by atoms with Crippen molar-refractivity contribution in [3.8, 4) is 0 Å². The van der Waals surface area contributed by atoms with E-state index in [0.29, 0.717) is 18.9 Å². The van der Waals surface area contributed by atoms with Crippen molar-refractivity contribution in [2.75, 3.05) is 25.0 Å². The first kappa shape index (κ1) is 17.3. The summed E-state index contributed by atoms with van der Waals surface area (Å²) in [6.45, 7) is 5.98. The molecule has 1 saturated heterocycles. The van der Waals surface area contributed by atoms with Crippen molar-refractivity contribution in [3.63, 3.8) is 0 Å². The summed E-state index contributed by atoms with van der Waals surface area (Å²) in [5.74, 6) is 0. The zero-order valence-electron chi connectivity index (χ0n) is 12.5. The fourth-order valence-electron chi connectivity index (χ4n) is 2.67. The van der Waals surface area contributed by atoms with Crippen molar-refractivity contribution in [1.82, 2.24) is 4.90 Å². The normalized spacial score (nSPS) is 17.0. The van der Waals surface area contributed by atoms with E-state index >= 15 is 0 Å². The number of nitrogens with zero attached hydrogens (tertiary/aromatic N) is 2. The highest BCUT2D eigenvalue weighted by Crippen LogP contribution is 2.37. The molecule has 0 saturated carbocycles. The molecule has 1 fully saturated rings. The number of rotatable bonds is 5. The predicted molar refractivity (Wildman–Crippen MR) is 81.4 cm³/mol. The molecule has 1 aromatic rings. The predicted octanol–water partition coefficient (Wildman–Crippen LogP) is 3.68. The van der Waals surface area contributed by atoms with E-state index < -0.39 is 22.4 Å². The molecule has 0 bridgehead atoms. The minimum atomic E-state index is -4.64. The molecule has 1 heterocycles. The van der Waals surface area contributed by atoms with Gasteiger partial charge in [0.25, 0.3) is 5.69 Å². The summed E-state index contributed by atoms with van der Waals surface area (Å²) in [5, 5.41) is 13.6. The Morgan fingerprint density at radius 3 is 2.57 bits per heavy atom. The summed E-state index contributed by atoms with van der Waals surface area (Å²) in [6.07, 6.45) is -1.42. The number of anilines is 1. The molecule has 0 aliphatic carbocycles. The molecule has 1 aliphatic heterocycles. The van der Waals surface area contributed by atoms with E-state index in [1.54, 1.807) is 6.08 Å². The Morgan fingerprint density at radius 1 is 1.39 bits per heavy atom. The highest BCUT2D eigenvalue weighted by molar-refractivity contribution is 5.58. The maximum absolute atomic E-state index is 13.1. The molecule has 1 aliphatic rings. The number of alkyl halides is 3. The molecule has 23 heavy (non-hydrogen) atoms. The Kier molecular flexibility index (Phi) is 5.25. The van der Waals surface area contributed by atoms with E-state index in [1.807, 2.05) is 0 Å². The molecule has 0 unspecified atom stereocenters. The number of benzene rings is 1. The molecule has 1 N–H and O–H groups in total. The molecule has 0 atom stereocenters. The van der Waals surface area contributed by atoms with Crippen molar-refractivity contribution >= 4 is 11.4 Å². The van der Waals surface area contributed by atoms with E-state index in [9.17, 15) is 23.3 Å². The first-order valence-electron chi connectivity index (χ1n) is 7.26. The third kappa shape index (κ3) is 4.44. The van der Waals surface area contributed by atoms with Crippen LogP contribution in [-0.4, -0.2) is 35.5 Å². The number of piperidine rings is 1. The van der Waals surface area contributed by atoms with E-state index in [4.69, 9.17) is 0 Å². The lowest BCUT2D eigenvalue weighted by Gasteiger charge is -2.32. The smallest absolute Gasteiger partial charge is 0.382 e. The summed E-state index contributed by atoms with van der Waals surface area (Å²) >= 11 is 0. The Hall–Kier alpha value is -2.09. The SMILES string of the molecule is C=CCN1CCC(Nc2ccc([N+](=O)[O-])cc2C(F)(F)F)CC1. The summed E-state index contributed by atoms with van der Waals surface area (Å²) in [5.41, 5.74) is -1.67. The number of likely N-dealkylation sites (tertiary alicyclic amines) is 1. The van der Waals surface area contributed by atoms with Gasteiger partial charge in [-0.1, -0.05) is 6.08 Å². The fourth-order valence-corrected chi connectivity index (χ4v) is 2.67. The van der Waals surface area contributed by atoms with Gasteiger partial charge in [0.15, 0.2) is 0 Å². The third-order valence-electron chi connectivity index (χ3n) is 3.85. The van der Waals surface area contributed by atoms with Crippen LogP contribution in [0.2, 0.25) is 0 Å². The van der Waals surface area contributed by atoms with Crippen LogP contribution in [0.15, 0.2) is 30.9 Å². The van der Waals surface area contributed by atoms with Gasteiger partial charge < -0.3 is 5.32 Å². The van der Waals surface area contributed by atoms with Gasteiger partial charge in [0.2, 0.25) is 0 Å². The molecule has 0 amide bonds. The van der Waals surface area contributed by atoms with Gasteiger partial charge in [-0.2, -0.15) is 13.2 Å². The highest BCUT2D eigenvalue weighted by atomic mass is 19.4. The van der Waals surface area contributed by atoms with Crippen molar-refractivity contribution < 1.29 is 18.1 Å². The standard InChI is InChI=1S/C15H18F3N3O2/c1-2-7-20-8-5-11(6-9-20)19-14-4-3-12(21(22)23)10-13(14)15(16,17)18/h2-4,10-11,19H,1,5-9H2. The van der Waals surface area contributed by atoms with Crippen molar-refractivity contribution in [3.05, 3.63) is 46.5 Å². The first-order chi connectivity index (χ1) is 10.8. The largest absolute Gasteiger partial charge is 0.418 e. The number of hydrogen-bond donors (Lipinski definition) is 1. The number of non-ortho nitro benzene ring substituents is 1. The first-order valence-corrected chi connectivity index (χ1v) is 7.26. The Morgan fingerprint density at radius 2 is 2.04 bits per heavy atom. The van der Waals surface area contributed by atoms with Crippen molar-refractivity contribution in [2.24, 2.45) is 0 Å². The number of nitro benzene ring substituents is 1. The minimum Gasteiger partial charge on any atom is -0.382 e. The number of nitrogens with one attached hydrogen (secondary N) is 1. The lowest BCUT2D eigenvalue weighted by Crippen LogP contribution is -2.39. The maximum atomic E-state index is 13.1. The molecular weight excluding hydrogens is 311 g/mol. The lowest BCUT2D eigenvalue weighted by atomic mass is 10.0. The van der Waals surface area contributed by atoms with Crippen LogP contribution in [0.1, 0.15) is 18.4 Å². The van der Waals surface area contributed by atoms with Crippen LogP contribution in [0, 0.1) is 10.1 Å². The van der Waals surface area contributed by atoms with Gasteiger partial charge in [-0.3, -0.25) is 15.0 Å². The van der Waals surface area contributed by atoms with E-state index in [2.05, 4.69) is 16.8 Å². The Balaban J connectivity index is 2.13. The van der Waals surface area contributed by atoms with Crippen LogP contribution in [-0.2, 0) is 6.18 Å². The van der Waals surface area contributed by atoms with Gasteiger partial charge in [0, 0.05) is 43.5 Å². The zero-order valence-corrected chi connectivity index (χ0v) is 12.5. The Labute approximate surface area is 131 Å². The molecule has 1 aromatic carbocycles. The molecule has 2 rings (SSSR count). The minimum absolute atomic E-state index is 0.0846. The van der Waals surface area contributed by atoms with E-state index in [1.165, 1.54) is 0 Å². The van der Waals surface area contributed by atoms with E-state index in [0.717, 1.165) is 31.8 Å². The summed E-state index contributed by atoms with van der Waals surface area (Å²) in [6, 6.07) is 2.72. The van der Waals surface area contributed by atoms with Crippen LogP contribution >= 0.6 is 0 Å². The lowest BCUT2D eigenvalue weighted by molar-refractivity contribution is -0.385. The molecule has 0 aromatic heterocycles. The maximum Gasteiger partial charge on any atom is 0.418 e. The Bertz CT molecular complexity index is 582. The molecule has 8 heteroatoms. The summed E-state index contributed by atoms with van der Waals surface area (Å²) in [7, 11) is 0. The second-order valence-corrected chi connectivity index (χ2v) is 5.49. The van der Waals surface area contributed by atoms with Crippen molar-refractivity contribution in [2.45, 2.75) is 25.1 Å². The van der Waals surface area contributed by atoms with Gasteiger partial charge >= 0.3 is 6.18 Å². The molecular formula is C15H18F3N3O2. The van der Waals surface area contributed by atoms with Crippen molar-refractivity contribution in [1.29, 1.82) is 0 Å². The second-order valence-electron chi connectivity index (χ2n) is 5.49. The second kappa shape index (κ2) is 6.99. The summed E-state index contributed by atoms with van der Waals surface area (Å²) < 4.78 is 39.4. The average molecular weight is 329 g/mol. The van der Waals surface area contributed by atoms with Gasteiger partial charge in [0.1, 0.15) is 0 Å². The molecule has 0 radical (unpaired) electrons. The molecule has 5 nitrogen and oxygen atoms in total. The molecule has 126 valence electrons. The van der Waals surface area contributed by atoms with Gasteiger partial charge in [-0.25, -0.2) is 0 Å². The van der Waals surface area contributed by atoms with Gasteiger partial charge in [-0.15, -0.1) is 6.58 Å². The third-order valence-corrected chi connectivity index (χ3v) is 3.85. The topological polar surface area (TPSA) is 58.4 Å². The summed E-state index contributed by atoms with van der Waals surface area (Å²) in [4.78, 5) is 12.0. The number of nitro groups is 1. The van der Waals surface area contributed by atoms with Crippen LogP contribution in [0.25, 0.3) is 0 Å². The quantitative estimate of drug-likeness (QED) is 0.509. The fraction of sp³-hybridized carbons (Fsp3) is 0.467. The van der Waals surface area contributed by atoms with Crippen LogP contribution in [0.3, 0.4) is 0 Å². The number of halogens is 3. The highest BCUT2D eigenvalue weighted by Gasteiger charge is 2.36. The van der Waals surface area contributed by atoms with Crippen LogP contribution in [0.4, 0.5) is 24.5 Å². The van der Waals surface area contributed by atoms with E-state index in [-0.39, 0.29) is 11.7 Å².